The van der Waals surface area contributed by atoms with Crippen molar-refractivity contribution < 1.29 is 24.2 Å². The lowest BCUT2D eigenvalue weighted by atomic mass is 9.80. The van der Waals surface area contributed by atoms with Gasteiger partial charge in [-0.05, 0) is 92.2 Å². The molecule has 0 unspecified atom stereocenters. The molecule has 0 bridgehead atoms. The number of likely N-dealkylation sites (tertiary alicyclic amines) is 1. The number of carboxylic acid groups (broad SMARTS) is 1. The molecular formula is C39H42N4O5. The van der Waals surface area contributed by atoms with Crippen molar-refractivity contribution in [2.45, 2.75) is 69.4 Å². The molecule has 3 aromatic carbocycles. The highest BCUT2D eigenvalue weighted by atomic mass is 16.5. The molecule has 9 heteroatoms. The molecular weight excluding hydrogens is 604 g/mol. The van der Waals surface area contributed by atoms with E-state index in [0.717, 1.165) is 78.3 Å². The lowest BCUT2D eigenvalue weighted by Gasteiger charge is -2.41. The van der Waals surface area contributed by atoms with Crippen molar-refractivity contribution in [2.75, 3.05) is 33.9 Å². The summed E-state index contributed by atoms with van der Waals surface area (Å²) in [7, 11) is 3.78. The largest absolute Gasteiger partial charge is 0.497 e. The number of carboxylic acids is 1. The number of nitrogens with one attached hydrogen (secondary N) is 1. The summed E-state index contributed by atoms with van der Waals surface area (Å²) in [5, 5.41) is 14.2. The van der Waals surface area contributed by atoms with Crippen LogP contribution in [0.4, 0.5) is 5.69 Å². The molecule has 9 nitrogen and oxygen atoms in total. The van der Waals surface area contributed by atoms with E-state index in [1.807, 2.05) is 18.2 Å². The number of rotatable bonds is 6. The van der Waals surface area contributed by atoms with Crippen LogP contribution >= 0.6 is 0 Å². The zero-order valence-corrected chi connectivity index (χ0v) is 27.7. The van der Waals surface area contributed by atoms with Crippen LogP contribution in [0.3, 0.4) is 0 Å². The summed E-state index contributed by atoms with van der Waals surface area (Å²) in [6, 6.07) is 17.4. The predicted octanol–water partition coefficient (Wildman–Crippen LogP) is 6.98. The second kappa shape index (κ2) is 12.1. The molecule has 0 radical (unpaired) electrons. The Hall–Kier alpha value is -4.63. The van der Waals surface area contributed by atoms with E-state index in [1.165, 1.54) is 35.9 Å². The lowest BCUT2D eigenvalue weighted by Crippen LogP contribution is -2.59. The second-order valence-electron chi connectivity index (χ2n) is 13.9. The molecule has 2 N–H and O–H groups in total. The quantitative estimate of drug-likeness (QED) is 0.234. The number of aliphatic imine (C=N–C) groups is 1. The molecule has 1 aliphatic carbocycles. The van der Waals surface area contributed by atoms with Gasteiger partial charge in [0.15, 0.2) is 0 Å². The van der Waals surface area contributed by atoms with E-state index in [9.17, 15) is 14.7 Å². The van der Waals surface area contributed by atoms with Crippen LogP contribution in [0.5, 0.6) is 11.5 Å². The zero-order chi connectivity index (χ0) is 33.0. The van der Waals surface area contributed by atoms with E-state index in [1.54, 1.807) is 25.3 Å². The molecule has 3 aliphatic heterocycles. The normalized spacial score (nSPS) is 19.0. The third kappa shape index (κ3) is 5.25. The van der Waals surface area contributed by atoms with E-state index in [2.05, 4.69) is 40.0 Å². The average molecular weight is 647 g/mol. The van der Waals surface area contributed by atoms with Gasteiger partial charge in [-0.3, -0.25) is 9.79 Å². The van der Waals surface area contributed by atoms with Gasteiger partial charge in [-0.1, -0.05) is 25.3 Å². The molecule has 1 saturated carbocycles. The topological polar surface area (TPSA) is 105 Å². The van der Waals surface area contributed by atoms with Gasteiger partial charge in [0.1, 0.15) is 18.1 Å². The van der Waals surface area contributed by atoms with Crippen LogP contribution in [-0.2, 0) is 13.0 Å². The van der Waals surface area contributed by atoms with Crippen LogP contribution in [-0.4, -0.2) is 71.6 Å². The van der Waals surface area contributed by atoms with Gasteiger partial charge < -0.3 is 29.4 Å². The first kappa shape index (κ1) is 30.7. The van der Waals surface area contributed by atoms with Gasteiger partial charge in [0, 0.05) is 53.3 Å². The Morgan fingerprint density at radius 3 is 2.54 bits per heavy atom. The van der Waals surface area contributed by atoms with Gasteiger partial charge in [-0.25, -0.2) is 4.79 Å². The lowest BCUT2D eigenvalue weighted by molar-refractivity contribution is 0.0696. The zero-order valence-electron chi connectivity index (χ0n) is 27.7. The third-order valence-corrected chi connectivity index (χ3v) is 11.1. The van der Waals surface area contributed by atoms with Gasteiger partial charge in [-0.2, -0.15) is 0 Å². The second-order valence-corrected chi connectivity index (χ2v) is 13.9. The minimum absolute atomic E-state index is 0.115. The number of amides is 1. The Labute approximate surface area is 280 Å². The molecule has 8 rings (SSSR count). The Balaban J connectivity index is 1.18. The first-order valence-electron chi connectivity index (χ1n) is 17.3. The summed E-state index contributed by atoms with van der Waals surface area (Å²) in [4.78, 5) is 33.2. The molecule has 2 fully saturated rings. The molecule has 1 aromatic heterocycles. The number of methoxy groups -OCH3 is 1. The fourth-order valence-corrected chi connectivity index (χ4v) is 8.42. The summed E-state index contributed by atoms with van der Waals surface area (Å²) in [6.07, 6.45) is 8.06. The number of hydrogen-bond donors (Lipinski definition) is 2. The maximum absolute atomic E-state index is 14.3. The number of ether oxygens (including phenoxy) is 2. The molecule has 1 saturated heterocycles. The van der Waals surface area contributed by atoms with E-state index in [4.69, 9.17) is 14.5 Å². The number of aromatic nitrogens is 1. The van der Waals surface area contributed by atoms with E-state index in [0.29, 0.717) is 31.1 Å². The first-order valence-corrected chi connectivity index (χ1v) is 17.3. The number of piperidine rings is 1. The monoisotopic (exact) mass is 646 g/mol. The van der Waals surface area contributed by atoms with E-state index in [-0.39, 0.29) is 11.5 Å². The predicted molar refractivity (Wildman–Crippen MR) is 186 cm³/mol. The number of fused-ring (bicyclic) bond motifs is 6. The minimum Gasteiger partial charge on any atom is -0.497 e. The minimum atomic E-state index is -0.950. The maximum Gasteiger partial charge on any atom is 0.335 e. The molecule has 4 aromatic rings. The van der Waals surface area contributed by atoms with Gasteiger partial charge in [0.05, 0.1) is 36.1 Å². The molecule has 0 spiro atoms. The number of hydrogen-bond acceptors (Lipinski definition) is 6. The molecule has 4 heterocycles. The molecule has 48 heavy (non-hydrogen) atoms. The van der Waals surface area contributed by atoms with Gasteiger partial charge in [0.2, 0.25) is 0 Å². The Morgan fingerprint density at radius 2 is 1.77 bits per heavy atom. The summed E-state index contributed by atoms with van der Waals surface area (Å²) in [5.41, 5.74) is 7.57. The van der Waals surface area contributed by atoms with E-state index >= 15 is 0 Å². The molecule has 0 atom stereocenters. The number of nitrogens with zero attached hydrogens (tertiary/aromatic N) is 3. The van der Waals surface area contributed by atoms with Crippen LogP contribution in [0.2, 0.25) is 0 Å². The highest BCUT2D eigenvalue weighted by Crippen LogP contribution is 2.48. The van der Waals surface area contributed by atoms with Crippen molar-refractivity contribution >= 4 is 34.2 Å². The number of aromatic carboxylic acids is 1. The van der Waals surface area contributed by atoms with Crippen LogP contribution in [0.1, 0.15) is 82.7 Å². The van der Waals surface area contributed by atoms with Crippen LogP contribution in [0, 0.1) is 0 Å². The van der Waals surface area contributed by atoms with Crippen molar-refractivity contribution in [2.24, 2.45) is 4.99 Å². The summed E-state index contributed by atoms with van der Waals surface area (Å²) in [5.74, 6) is 1.00. The summed E-state index contributed by atoms with van der Waals surface area (Å²) in [6.45, 7) is 2.87. The van der Waals surface area contributed by atoms with Gasteiger partial charge in [-0.15, -0.1) is 0 Å². The van der Waals surface area contributed by atoms with Crippen LogP contribution < -0.4 is 14.8 Å². The smallest absolute Gasteiger partial charge is 0.335 e. The van der Waals surface area contributed by atoms with Crippen molar-refractivity contribution in [3.05, 3.63) is 76.9 Å². The first-order chi connectivity index (χ1) is 23.3. The van der Waals surface area contributed by atoms with Gasteiger partial charge >= 0.3 is 5.97 Å². The highest BCUT2D eigenvalue weighted by Gasteiger charge is 2.42. The van der Waals surface area contributed by atoms with Crippen LogP contribution in [0.25, 0.3) is 22.2 Å². The highest BCUT2D eigenvalue weighted by molar-refractivity contribution is 6.07. The SMILES string of the molecule is COc1ccc2c(c1)OCCn1c-2c(C2CCCCC2)c2ccc(C(=O)NC3(C4=Nc5ccc(C(=O)O)cc5C4)CCN(C)CC3)cc21. The van der Waals surface area contributed by atoms with Crippen molar-refractivity contribution in [1.82, 2.24) is 14.8 Å². The fourth-order valence-electron chi connectivity index (χ4n) is 8.42. The third-order valence-electron chi connectivity index (χ3n) is 11.1. The standard InChI is InChI=1S/C39H42N4O5/c1-42-16-14-39(15-17-42,34-22-27-20-26(38(45)46)9-13-31(27)40-34)41-37(44)25-8-11-29-32(21-25)43-18-19-48-33-23-28(47-2)10-12-30(33)36(43)35(29)24-6-4-3-5-7-24/h8-13,20-21,23-24H,3-7,14-19,22H2,1-2H3,(H,41,44)(H,45,46). The number of benzene rings is 3. The average Bonchev–Trinajstić information content (AvgIpc) is 3.63. The summed E-state index contributed by atoms with van der Waals surface area (Å²) < 4.78 is 14.2. The van der Waals surface area contributed by atoms with Crippen molar-refractivity contribution in [1.29, 1.82) is 0 Å². The Morgan fingerprint density at radius 1 is 0.979 bits per heavy atom. The van der Waals surface area contributed by atoms with Crippen molar-refractivity contribution in [3.63, 3.8) is 0 Å². The molecule has 1 amide bonds. The Kier molecular flexibility index (Phi) is 7.74. The van der Waals surface area contributed by atoms with E-state index < -0.39 is 11.5 Å². The van der Waals surface area contributed by atoms with Crippen LogP contribution in [0.15, 0.2) is 59.6 Å². The number of carbonyl (C=O) groups is 2. The summed E-state index contributed by atoms with van der Waals surface area (Å²) >= 11 is 0. The van der Waals surface area contributed by atoms with Crippen molar-refractivity contribution in [3.8, 4) is 22.8 Å². The number of carbonyl (C=O) groups excluding carboxylic acids is 1. The maximum atomic E-state index is 14.3. The van der Waals surface area contributed by atoms with Gasteiger partial charge in [0.25, 0.3) is 5.91 Å². The fraction of sp³-hybridized carbons (Fsp3) is 0.410. The molecule has 248 valence electrons. The Bertz CT molecular complexity index is 1960. The molecule has 4 aliphatic rings.